The Kier molecular flexibility index (Phi) is 6.66. The van der Waals surface area contributed by atoms with Gasteiger partial charge in [0.1, 0.15) is 5.69 Å². The van der Waals surface area contributed by atoms with E-state index in [0.29, 0.717) is 44.8 Å². The lowest BCUT2D eigenvalue weighted by Gasteiger charge is -2.40. The van der Waals surface area contributed by atoms with Crippen molar-refractivity contribution in [2.24, 2.45) is 0 Å². The number of sulfone groups is 1. The van der Waals surface area contributed by atoms with Gasteiger partial charge in [0.15, 0.2) is 9.84 Å². The van der Waals surface area contributed by atoms with Crippen LogP contribution in [0, 0.1) is 0 Å². The van der Waals surface area contributed by atoms with Gasteiger partial charge in [-0.25, -0.2) is 8.42 Å². The molecule has 184 valence electrons. The van der Waals surface area contributed by atoms with Crippen molar-refractivity contribution in [3.8, 4) is 0 Å². The molecule has 2 amide bonds. The average molecular weight is 487 g/mol. The van der Waals surface area contributed by atoms with Gasteiger partial charge < -0.3 is 14.8 Å². The van der Waals surface area contributed by atoms with Gasteiger partial charge in [0.25, 0.3) is 5.91 Å². The predicted octanol–water partition coefficient (Wildman–Crippen LogP) is 2.27. The van der Waals surface area contributed by atoms with Gasteiger partial charge in [0, 0.05) is 49.2 Å². The Morgan fingerprint density at radius 3 is 2.38 bits per heavy atom. The zero-order valence-corrected chi connectivity index (χ0v) is 20.4. The van der Waals surface area contributed by atoms with Crippen LogP contribution in [0.1, 0.15) is 49.0 Å². The Bertz CT molecular complexity index is 1110. The summed E-state index contributed by atoms with van der Waals surface area (Å²) in [6.45, 7) is 2.71. The highest BCUT2D eigenvalue weighted by molar-refractivity contribution is 7.91. The average Bonchev–Trinajstić information content (AvgIpc) is 3.43. The Balaban J connectivity index is 1.20. The number of amides is 2. The molecule has 0 radical (unpaired) electrons. The Morgan fingerprint density at radius 1 is 0.971 bits per heavy atom. The number of nitrogens with one attached hydrogen (secondary N) is 1. The van der Waals surface area contributed by atoms with E-state index in [1.807, 2.05) is 40.1 Å². The minimum Gasteiger partial charge on any atom is -0.351 e. The smallest absolute Gasteiger partial charge is 0.270 e. The summed E-state index contributed by atoms with van der Waals surface area (Å²) in [5.41, 5.74) is 1.54. The van der Waals surface area contributed by atoms with E-state index in [0.717, 1.165) is 36.6 Å². The van der Waals surface area contributed by atoms with Crippen LogP contribution in [0.5, 0.6) is 0 Å². The second kappa shape index (κ2) is 9.70. The van der Waals surface area contributed by atoms with Crippen molar-refractivity contribution in [2.45, 2.75) is 50.6 Å². The number of carbonyl (C=O) groups is 2. The number of aromatic amines is 1. The van der Waals surface area contributed by atoms with Crippen molar-refractivity contribution in [1.82, 2.24) is 19.7 Å². The lowest BCUT2D eigenvalue weighted by Crippen LogP contribution is -2.55. The summed E-state index contributed by atoms with van der Waals surface area (Å²) in [4.78, 5) is 35.5. The molecule has 5 rings (SSSR count). The van der Waals surface area contributed by atoms with Crippen molar-refractivity contribution in [3.63, 3.8) is 0 Å². The molecule has 0 spiro atoms. The standard InChI is InChI=1S/C25H34N4O4S/c30-24(29(20-7-2-1-3-8-20)21-10-15-34(32,33)18-21)17-27-11-13-28(14-12-27)25(31)23-16-19-6-4-5-9-22(19)26-23/h4-6,9,16,20-21,26H,1-3,7-8,10-15,17-18H2. The van der Waals surface area contributed by atoms with Crippen molar-refractivity contribution >= 4 is 32.6 Å². The molecule has 1 saturated carbocycles. The maximum Gasteiger partial charge on any atom is 0.270 e. The fraction of sp³-hybridized carbons (Fsp3) is 0.600. The molecule has 9 heteroatoms. The van der Waals surface area contributed by atoms with Gasteiger partial charge in [0.05, 0.1) is 18.1 Å². The molecule has 8 nitrogen and oxygen atoms in total. The highest BCUT2D eigenvalue weighted by Crippen LogP contribution is 2.28. The summed E-state index contributed by atoms with van der Waals surface area (Å²) in [5.74, 6) is 0.316. The number of carbonyl (C=O) groups excluding carboxylic acids is 2. The van der Waals surface area contributed by atoms with Gasteiger partial charge in [-0.1, -0.05) is 37.5 Å². The van der Waals surface area contributed by atoms with Crippen molar-refractivity contribution in [1.29, 1.82) is 0 Å². The van der Waals surface area contributed by atoms with Crippen LogP contribution in [0.25, 0.3) is 10.9 Å². The molecule has 2 aliphatic heterocycles. The van der Waals surface area contributed by atoms with Crippen molar-refractivity contribution in [3.05, 3.63) is 36.0 Å². The maximum atomic E-state index is 13.4. The Hall–Kier alpha value is -2.39. The van der Waals surface area contributed by atoms with E-state index in [4.69, 9.17) is 0 Å². The van der Waals surface area contributed by atoms with Crippen LogP contribution >= 0.6 is 0 Å². The van der Waals surface area contributed by atoms with Crippen molar-refractivity contribution < 1.29 is 18.0 Å². The number of para-hydroxylation sites is 1. The molecule has 1 N–H and O–H groups in total. The molecule has 0 bridgehead atoms. The first-order valence-electron chi connectivity index (χ1n) is 12.5. The number of piperazine rings is 1. The van der Waals surface area contributed by atoms with Crippen LogP contribution in [-0.2, 0) is 14.6 Å². The Labute approximate surface area is 201 Å². The molecule has 3 aliphatic rings. The fourth-order valence-corrected chi connectivity index (χ4v) is 7.51. The molecule has 1 aromatic heterocycles. The van der Waals surface area contributed by atoms with Gasteiger partial charge in [-0.15, -0.1) is 0 Å². The van der Waals surface area contributed by atoms with E-state index in [-0.39, 0.29) is 35.4 Å². The molecule has 3 heterocycles. The molecule has 1 aliphatic carbocycles. The minimum atomic E-state index is -3.05. The third-order valence-electron chi connectivity index (χ3n) is 7.64. The van der Waals surface area contributed by atoms with Crippen molar-refractivity contribution in [2.75, 3.05) is 44.2 Å². The number of benzene rings is 1. The summed E-state index contributed by atoms with van der Waals surface area (Å²) in [5, 5.41) is 1.02. The first-order valence-corrected chi connectivity index (χ1v) is 14.3. The van der Waals surface area contributed by atoms with E-state index in [9.17, 15) is 18.0 Å². The zero-order chi connectivity index (χ0) is 23.7. The normalized spacial score (nSPS) is 23.9. The van der Waals surface area contributed by atoms with Crippen LogP contribution < -0.4 is 0 Å². The third kappa shape index (κ3) is 5.00. The summed E-state index contributed by atoms with van der Waals surface area (Å²) >= 11 is 0. The third-order valence-corrected chi connectivity index (χ3v) is 9.39. The van der Waals surface area contributed by atoms with Crippen LogP contribution in [0.4, 0.5) is 0 Å². The molecule has 1 aromatic carbocycles. The highest BCUT2D eigenvalue weighted by atomic mass is 32.2. The monoisotopic (exact) mass is 486 g/mol. The second-order valence-electron chi connectivity index (χ2n) is 9.99. The SMILES string of the molecule is O=C(c1cc2ccccc2[nH]1)N1CCN(CC(=O)N(C2CCCCC2)C2CCS(=O)(=O)C2)CC1. The molecule has 3 fully saturated rings. The topological polar surface area (TPSA) is 93.8 Å². The largest absolute Gasteiger partial charge is 0.351 e. The Morgan fingerprint density at radius 2 is 1.71 bits per heavy atom. The highest BCUT2D eigenvalue weighted by Gasteiger charge is 2.39. The number of rotatable bonds is 5. The number of nitrogens with zero attached hydrogens (tertiary/aromatic N) is 3. The maximum absolute atomic E-state index is 13.4. The van der Waals surface area contributed by atoms with Crippen LogP contribution in [0.2, 0.25) is 0 Å². The van der Waals surface area contributed by atoms with E-state index in [1.165, 1.54) is 6.42 Å². The van der Waals surface area contributed by atoms with Gasteiger partial charge in [-0.3, -0.25) is 14.5 Å². The molecule has 34 heavy (non-hydrogen) atoms. The number of hydrogen-bond donors (Lipinski definition) is 1. The first-order chi connectivity index (χ1) is 16.4. The summed E-state index contributed by atoms with van der Waals surface area (Å²) in [6, 6.07) is 9.71. The van der Waals surface area contributed by atoms with Gasteiger partial charge >= 0.3 is 0 Å². The van der Waals surface area contributed by atoms with E-state index >= 15 is 0 Å². The number of hydrogen-bond acceptors (Lipinski definition) is 5. The lowest BCUT2D eigenvalue weighted by molar-refractivity contribution is -0.138. The molecular formula is C25H34N4O4S. The molecule has 2 saturated heterocycles. The second-order valence-corrected chi connectivity index (χ2v) is 12.2. The van der Waals surface area contributed by atoms with E-state index < -0.39 is 9.84 Å². The molecule has 2 aromatic rings. The van der Waals surface area contributed by atoms with Gasteiger partial charge in [-0.2, -0.15) is 0 Å². The molecule has 1 atom stereocenters. The fourth-order valence-electron chi connectivity index (χ4n) is 5.80. The molecule has 1 unspecified atom stereocenters. The lowest BCUT2D eigenvalue weighted by atomic mass is 9.92. The van der Waals surface area contributed by atoms with E-state index in [2.05, 4.69) is 9.88 Å². The molecular weight excluding hydrogens is 452 g/mol. The minimum absolute atomic E-state index is 0.0119. The zero-order valence-electron chi connectivity index (χ0n) is 19.6. The summed E-state index contributed by atoms with van der Waals surface area (Å²) in [7, 11) is -3.05. The first kappa shape index (κ1) is 23.4. The number of aromatic nitrogens is 1. The summed E-state index contributed by atoms with van der Waals surface area (Å²) in [6.07, 6.45) is 5.88. The number of H-pyrrole nitrogens is 1. The van der Waals surface area contributed by atoms with E-state index in [1.54, 1.807) is 0 Å². The van der Waals surface area contributed by atoms with Crippen LogP contribution in [0.15, 0.2) is 30.3 Å². The van der Waals surface area contributed by atoms with Gasteiger partial charge in [0.2, 0.25) is 5.91 Å². The van der Waals surface area contributed by atoms with Gasteiger partial charge in [-0.05, 0) is 31.4 Å². The quantitative estimate of drug-likeness (QED) is 0.700. The predicted molar refractivity (Wildman–Crippen MR) is 131 cm³/mol. The van der Waals surface area contributed by atoms with Crippen LogP contribution in [0.3, 0.4) is 0 Å². The number of fused-ring (bicyclic) bond motifs is 1. The van der Waals surface area contributed by atoms with Crippen LogP contribution in [-0.4, -0.2) is 96.2 Å². The summed E-state index contributed by atoms with van der Waals surface area (Å²) < 4.78 is 24.3.